The molecular formula is C25H45BN4O8S. The smallest absolute Gasteiger partial charge is 0.374 e. The van der Waals surface area contributed by atoms with Gasteiger partial charge in [0.15, 0.2) is 0 Å². The van der Waals surface area contributed by atoms with Gasteiger partial charge in [-0.15, -0.1) is 0 Å². The van der Waals surface area contributed by atoms with Crippen LogP contribution in [0.2, 0.25) is 6.82 Å². The molecule has 0 spiro atoms. The van der Waals surface area contributed by atoms with E-state index in [0.717, 1.165) is 12.1 Å². The summed E-state index contributed by atoms with van der Waals surface area (Å²) in [7, 11) is -2.60. The fourth-order valence-corrected chi connectivity index (χ4v) is 4.85. The molecule has 3 N–H and O–H groups in total. The maximum atomic E-state index is 12.5. The van der Waals surface area contributed by atoms with Crippen molar-refractivity contribution in [2.24, 2.45) is 0 Å². The van der Waals surface area contributed by atoms with Crippen LogP contribution in [0.15, 0.2) is 24.3 Å². The first-order chi connectivity index (χ1) is 18.3. The molecule has 2 unspecified atom stereocenters. The third-order valence-corrected chi connectivity index (χ3v) is 7.04. The summed E-state index contributed by atoms with van der Waals surface area (Å²) in [5.74, 6) is 0.0127. The van der Waals surface area contributed by atoms with Gasteiger partial charge in [-0.05, 0) is 65.1 Å². The highest BCUT2D eigenvalue weighted by Gasteiger charge is 2.28. The first-order valence-corrected chi connectivity index (χ1v) is 14.9. The molecule has 14 heteroatoms. The van der Waals surface area contributed by atoms with E-state index in [1.165, 1.54) is 0 Å². The Kier molecular flexibility index (Phi) is 13.6. The highest BCUT2D eigenvalue weighted by atomic mass is 32.2. The number of carbonyl (C=O) groups is 1. The molecular weight excluding hydrogens is 527 g/mol. The molecule has 0 saturated carbocycles. The van der Waals surface area contributed by atoms with Crippen LogP contribution in [0.3, 0.4) is 0 Å². The van der Waals surface area contributed by atoms with Crippen LogP contribution >= 0.6 is 0 Å². The second-order valence-electron chi connectivity index (χ2n) is 10.5. The average Bonchev–Trinajstić information content (AvgIpc) is 3.18. The number of nitrogens with zero attached hydrogens (tertiary/aromatic N) is 2. The first kappa shape index (κ1) is 33.4. The second kappa shape index (κ2) is 15.9. The fraction of sp³-hybridized carbons (Fsp3) is 0.720. The molecule has 1 saturated heterocycles. The Labute approximate surface area is 233 Å². The van der Waals surface area contributed by atoms with Crippen molar-refractivity contribution in [1.29, 1.82) is 0 Å². The number of nitrogens with one attached hydrogen (secondary N) is 2. The standard InChI is InChI=1S/C25H45BN4O8S/c1-7-35-19-21-18-30(28-29(21)6)13-8-16-39(33,34)37-15-14-36-22-11-9-20(10-12-22)17-23(27-26(5)32)24(31)38-25(2,3)4/h9-12,21,23,27-28,32H,7-8,13-19H2,1-6H3. The van der Waals surface area contributed by atoms with Gasteiger partial charge in [-0.1, -0.05) is 12.1 Å². The van der Waals surface area contributed by atoms with Gasteiger partial charge in [0.05, 0.1) is 18.4 Å². The lowest BCUT2D eigenvalue weighted by Crippen LogP contribution is -2.48. The topological polar surface area (TPSA) is 139 Å². The zero-order valence-corrected chi connectivity index (χ0v) is 24.8. The Morgan fingerprint density at radius 3 is 2.56 bits per heavy atom. The molecule has 0 aromatic heterocycles. The van der Waals surface area contributed by atoms with E-state index in [2.05, 4.69) is 10.8 Å². The first-order valence-electron chi connectivity index (χ1n) is 13.4. The number of hydrazine groups is 2. The van der Waals surface area contributed by atoms with E-state index in [4.69, 9.17) is 18.4 Å². The summed E-state index contributed by atoms with van der Waals surface area (Å²) in [6.07, 6.45) is 0.749. The van der Waals surface area contributed by atoms with Gasteiger partial charge in [0, 0.05) is 26.7 Å². The van der Waals surface area contributed by atoms with Crippen LogP contribution in [-0.2, 0) is 35.0 Å². The van der Waals surface area contributed by atoms with Crippen LogP contribution in [-0.4, -0.2) is 106 Å². The predicted molar refractivity (Wildman–Crippen MR) is 149 cm³/mol. The largest absolute Gasteiger partial charge is 0.491 e. The SMILES string of the molecule is CCOCC1CN(CCCS(=O)(=O)OCCOc2ccc(CC(NB(C)O)C(=O)OC(C)(C)C)cc2)NN1C. The molecule has 39 heavy (non-hydrogen) atoms. The minimum atomic E-state index is -3.66. The third-order valence-electron chi connectivity index (χ3n) is 5.73. The number of ether oxygens (including phenoxy) is 3. The molecule has 1 fully saturated rings. The third kappa shape index (κ3) is 13.4. The lowest BCUT2D eigenvalue weighted by molar-refractivity contribution is -0.157. The van der Waals surface area contributed by atoms with Gasteiger partial charge in [0.1, 0.15) is 30.6 Å². The zero-order chi connectivity index (χ0) is 29.1. The lowest BCUT2D eigenvalue weighted by atomic mass is 9.86. The minimum absolute atomic E-state index is 0.0697. The summed E-state index contributed by atoms with van der Waals surface area (Å²) in [6, 6.07) is 6.58. The van der Waals surface area contributed by atoms with Crippen LogP contribution in [0.5, 0.6) is 5.75 Å². The highest BCUT2D eigenvalue weighted by Crippen LogP contribution is 2.16. The van der Waals surface area contributed by atoms with Crippen molar-refractivity contribution in [1.82, 2.24) is 20.8 Å². The molecule has 1 aliphatic rings. The van der Waals surface area contributed by atoms with Crippen molar-refractivity contribution < 1.29 is 36.6 Å². The number of benzene rings is 1. The Balaban J connectivity index is 1.71. The summed E-state index contributed by atoms with van der Waals surface area (Å²) in [5, 5.41) is 16.5. The summed E-state index contributed by atoms with van der Waals surface area (Å²) in [4.78, 5) is 12.5. The number of carbonyl (C=O) groups excluding carboxylic acids is 1. The van der Waals surface area contributed by atoms with Crippen LogP contribution < -0.4 is 15.5 Å². The maximum absolute atomic E-state index is 12.5. The molecule has 0 amide bonds. The van der Waals surface area contributed by atoms with Crippen LogP contribution in [0.4, 0.5) is 0 Å². The zero-order valence-electron chi connectivity index (χ0n) is 24.0. The highest BCUT2D eigenvalue weighted by molar-refractivity contribution is 7.86. The van der Waals surface area contributed by atoms with Gasteiger partial charge in [0.2, 0.25) is 0 Å². The number of rotatable bonds is 17. The van der Waals surface area contributed by atoms with Crippen molar-refractivity contribution in [3.05, 3.63) is 29.8 Å². The van der Waals surface area contributed by atoms with Gasteiger partial charge in [-0.2, -0.15) is 14.0 Å². The Morgan fingerprint density at radius 2 is 1.95 bits per heavy atom. The Morgan fingerprint density at radius 1 is 1.26 bits per heavy atom. The van der Waals surface area contributed by atoms with E-state index in [0.29, 0.717) is 38.3 Å². The van der Waals surface area contributed by atoms with Crippen molar-refractivity contribution in [2.45, 2.75) is 65.0 Å². The molecule has 1 heterocycles. The van der Waals surface area contributed by atoms with Crippen molar-refractivity contribution in [2.75, 3.05) is 52.3 Å². The predicted octanol–water partition coefficient (Wildman–Crippen LogP) is 0.827. The van der Waals surface area contributed by atoms with Gasteiger partial charge in [-0.25, -0.2) is 10.0 Å². The summed E-state index contributed by atoms with van der Waals surface area (Å²) in [5.41, 5.74) is 3.40. The van der Waals surface area contributed by atoms with Gasteiger partial charge >= 0.3 is 13.0 Å². The molecule has 2 rings (SSSR count). The minimum Gasteiger partial charge on any atom is -0.491 e. The second-order valence-corrected chi connectivity index (χ2v) is 12.3. The van der Waals surface area contributed by atoms with E-state index in [1.807, 2.05) is 24.0 Å². The van der Waals surface area contributed by atoms with Crippen molar-refractivity contribution >= 4 is 23.1 Å². The molecule has 1 aliphatic heterocycles. The molecule has 12 nitrogen and oxygen atoms in total. The fourth-order valence-electron chi connectivity index (χ4n) is 3.93. The van der Waals surface area contributed by atoms with Crippen LogP contribution in [0.1, 0.15) is 39.7 Å². The normalized spacial score (nSPS) is 17.8. The molecule has 1 aromatic rings. The van der Waals surface area contributed by atoms with E-state index in [-0.39, 0.29) is 25.0 Å². The summed E-state index contributed by atoms with van der Waals surface area (Å²) in [6.45, 7) is 11.4. The lowest BCUT2D eigenvalue weighted by Gasteiger charge is -2.25. The number of hydrogen-bond acceptors (Lipinski definition) is 12. The van der Waals surface area contributed by atoms with Gasteiger partial charge in [-0.3, -0.25) is 8.98 Å². The Hall–Kier alpha value is -1.78. The van der Waals surface area contributed by atoms with Gasteiger partial charge in [0.25, 0.3) is 10.1 Å². The van der Waals surface area contributed by atoms with Gasteiger partial charge < -0.3 is 24.5 Å². The Bertz CT molecular complexity index is 975. The van der Waals surface area contributed by atoms with E-state index >= 15 is 0 Å². The van der Waals surface area contributed by atoms with E-state index in [1.54, 1.807) is 51.9 Å². The quantitative estimate of drug-likeness (QED) is 0.105. The van der Waals surface area contributed by atoms with Crippen molar-refractivity contribution in [3.8, 4) is 5.75 Å². The molecule has 222 valence electrons. The summed E-state index contributed by atoms with van der Waals surface area (Å²) >= 11 is 0. The van der Waals surface area contributed by atoms with Crippen LogP contribution in [0, 0.1) is 0 Å². The maximum Gasteiger partial charge on any atom is 0.374 e. The molecule has 2 atom stereocenters. The van der Waals surface area contributed by atoms with E-state index in [9.17, 15) is 18.2 Å². The van der Waals surface area contributed by atoms with Crippen LogP contribution in [0.25, 0.3) is 0 Å². The monoisotopic (exact) mass is 572 g/mol. The number of likely N-dealkylation sites (N-methyl/N-ethyl adjacent to an activating group) is 1. The molecule has 0 bridgehead atoms. The van der Waals surface area contributed by atoms with Crippen molar-refractivity contribution in [3.63, 3.8) is 0 Å². The summed E-state index contributed by atoms with van der Waals surface area (Å²) < 4.78 is 46.1. The number of esters is 1. The van der Waals surface area contributed by atoms with E-state index < -0.39 is 34.8 Å². The molecule has 0 radical (unpaired) electrons. The molecule has 0 aliphatic carbocycles. The average molecular weight is 573 g/mol. The molecule has 1 aromatic carbocycles. The number of hydrogen-bond donors (Lipinski definition) is 3.